The van der Waals surface area contributed by atoms with Crippen LogP contribution in [-0.2, 0) is 32.1 Å². The molecule has 58 valence electrons. The summed E-state index contributed by atoms with van der Waals surface area (Å²) < 4.78 is 0. The van der Waals surface area contributed by atoms with E-state index in [0.717, 1.165) is 11.6 Å². The van der Waals surface area contributed by atoms with Crippen molar-refractivity contribution in [2.75, 3.05) is 0 Å². The van der Waals surface area contributed by atoms with Gasteiger partial charge in [-0.3, -0.25) is 0 Å². The molecule has 2 nitrogen and oxygen atoms in total. The van der Waals surface area contributed by atoms with Gasteiger partial charge in [0.25, 0.3) is 0 Å². The Morgan fingerprint density at radius 3 is 2.33 bits per heavy atom. The molecule has 0 heterocycles. The Bertz CT molecular complexity index is 267. The molecule has 1 aromatic rings. The van der Waals surface area contributed by atoms with Crippen molar-refractivity contribution in [1.29, 1.82) is 0 Å². The average Bonchev–Trinajstić information content (AvgIpc) is 2.03. The second-order valence-corrected chi connectivity index (χ2v) is 2.08. The minimum absolute atomic E-state index is 0. The van der Waals surface area contributed by atoms with Crippen LogP contribution in [0.15, 0.2) is 36.4 Å². The van der Waals surface area contributed by atoms with Gasteiger partial charge in [0.15, 0.2) is 0 Å². The van der Waals surface area contributed by atoms with Crippen LogP contribution in [0.25, 0.3) is 6.08 Å². The van der Waals surface area contributed by atoms with Crippen molar-refractivity contribution in [3.63, 3.8) is 0 Å². The largest absolute Gasteiger partial charge is 0.478 e. The fourth-order valence-electron chi connectivity index (χ4n) is 0.732. The van der Waals surface area contributed by atoms with Gasteiger partial charge in [0.1, 0.15) is 0 Å². The van der Waals surface area contributed by atoms with Gasteiger partial charge in [-0.15, -0.1) is 0 Å². The summed E-state index contributed by atoms with van der Waals surface area (Å²) in [6, 6.07) is 9.31. The Balaban J connectivity index is 0.00000121. The van der Waals surface area contributed by atoms with E-state index in [1.165, 1.54) is 0 Å². The zero-order valence-electron chi connectivity index (χ0n) is 6.60. The van der Waals surface area contributed by atoms with E-state index in [4.69, 9.17) is 5.11 Å². The van der Waals surface area contributed by atoms with Crippen LogP contribution < -0.4 is 0 Å². The molecule has 3 heteroatoms. The van der Waals surface area contributed by atoms with Crippen molar-refractivity contribution in [3.05, 3.63) is 42.0 Å². The SMILES string of the molecule is O=C(O)C=Cc1ccccc1.[Cd]. The zero-order chi connectivity index (χ0) is 8.10. The Labute approximate surface area is 91.1 Å². The third kappa shape index (κ3) is 4.28. The third-order valence-corrected chi connectivity index (χ3v) is 1.22. The van der Waals surface area contributed by atoms with Crippen molar-refractivity contribution in [1.82, 2.24) is 0 Å². The molecule has 0 bridgehead atoms. The predicted octanol–water partition coefficient (Wildman–Crippen LogP) is 1.78. The Morgan fingerprint density at radius 1 is 1.25 bits per heavy atom. The normalized spacial score (nSPS) is 9.33. The first-order valence-corrected chi connectivity index (χ1v) is 3.25. The Morgan fingerprint density at radius 2 is 1.83 bits per heavy atom. The van der Waals surface area contributed by atoms with Gasteiger partial charge < -0.3 is 5.11 Å². The molecular formula is C9H8CdO2. The van der Waals surface area contributed by atoms with E-state index in [1.54, 1.807) is 6.08 Å². The molecule has 0 radical (unpaired) electrons. The van der Waals surface area contributed by atoms with Gasteiger partial charge in [0, 0.05) is 33.4 Å². The van der Waals surface area contributed by atoms with Crippen LogP contribution in [0, 0.1) is 0 Å². The molecule has 0 fully saturated rings. The third-order valence-electron chi connectivity index (χ3n) is 1.22. The summed E-state index contributed by atoms with van der Waals surface area (Å²) in [6.07, 6.45) is 2.68. The van der Waals surface area contributed by atoms with Crippen LogP contribution in [0.1, 0.15) is 5.56 Å². The molecule has 1 N–H and O–H groups in total. The number of carbonyl (C=O) groups is 1. The first kappa shape index (κ1) is 11.4. The number of hydrogen-bond acceptors (Lipinski definition) is 1. The Hall–Kier alpha value is -0.648. The van der Waals surface area contributed by atoms with Crippen molar-refractivity contribution in [3.8, 4) is 0 Å². The molecule has 0 amide bonds. The number of hydrogen-bond donors (Lipinski definition) is 1. The maximum Gasteiger partial charge on any atom is 0.328 e. The molecule has 0 atom stereocenters. The number of benzene rings is 1. The van der Waals surface area contributed by atoms with Crippen LogP contribution in [-0.4, -0.2) is 11.1 Å². The summed E-state index contributed by atoms with van der Waals surface area (Å²) in [5.74, 6) is -0.922. The van der Waals surface area contributed by atoms with E-state index in [0.29, 0.717) is 0 Å². The molecule has 1 aromatic carbocycles. The summed E-state index contributed by atoms with van der Waals surface area (Å²) >= 11 is 0. The fraction of sp³-hybridized carbons (Fsp3) is 0. The maximum absolute atomic E-state index is 10.1. The number of aliphatic carboxylic acids is 1. The molecule has 0 unspecified atom stereocenters. The maximum atomic E-state index is 10.1. The molecule has 0 spiro atoms. The molecule has 0 aliphatic heterocycles. The van der Waals surface area contributed by atoms with Gasteiger partial charge in [-0.1, -0.05) is 30.3 Å². The summed E-state index contributed by atoms with van der Waals surface area (Å²) in [5.41, 5.74) is 0.898. The van der Waals surface area contributed by atoms with Crippen molar-refractivity contribution in [2.45, 2.75) is 0 Å². The summed E-state index contributed by atoms with van der Waals surface area (Å²) in [4.78, 5) is 10.1. The van der Waals surface area contributed by atoms with Crippen LogP contribution in [0.4, 0.5) is 0 Å². The minimum Gasteiger partial charge on any atom is -0.478 e. The van der Waals surface area contributed by atoms with Crippen molar-refractivity contribution < 1.29 is 37.2 Å². The van der Waals surface area contributed by atoms with E-state index < -0.39 is 5.97 Å². The van der Waals surface area contributed by atoms with Crippen LogP contribution in [0.5, 0.6) is 0 Å². The second-order valence-electron chi connectivity index (χ2n) is 2.08. The molecule has 0 saturated heterocycles. The van der Waals surface area contributed by atoms with Gasteiger partial charge >= 0.3 is 5.97 Å². The van der Waals surface area contributed by atoms with Gasteiger partial charge in [-0.05, 0) is 11.6 Å². The van der Waals surface area contributed by atoms with Crippen LogP contribution in [0.3, 0.4) is 0 Å². The van der Waals surface area contributed by atoms with E-state index >= 15 is 0 Å². The topological polar surface area (TPSA) is 37.3 Å². The molecule has 0 aromatic heterocycles. The van der Waals surface area contributed by atoms with E-state index in [1.807, 2.05) is 30.3 Å². The predicted molar refractivity (Wildman–Crippen MR) is 43.1 cm³/mol. The quantitative estimate of drug-likeness (QED) is 0.650. The van der Waals surface area contributed by atoms with Gasteiger partial charge in [0.2, 0.25) is 0 Å². The van der Waals surface area contributed by atoms with E-state index in [9.17, 15) is 4.79 Å². The second kappa shape index (κ2) is 5.93. The number of carboxylic acid groups (broad SMARTS) is 1. The number of rotatable bonds is 2. The molecule has 1 rings (SSSR count). The molecule has 0 saturated carbocycles. The standard InChI is InChI=1S/C9H8O2.Cd/c10-9(11)7-6-8-4-2-1-3-5-8;/h1-7H,(H,10,11);. The van der Waals surface area contributed by atoms with Gasteiger partial charge in [-0.2, -0.15) is 0 Å². The zero-order valence-corrected chi connectivity index (χ0v) is 10.6. The monoisotopic (exact) mass is 262 g/mol. The molecular weight excluding hydrogens is 253 g/mol. The molecule has 0 aliphatic rings. The van der Waals surface area contributed by atoms with Crippen molar-refractivity contribution >= 4 is 12.0 Å². The smallest absolute Gasteiger partial charge is 0.328 e. The van der Waals surface area contributed by atoms with E-state index in [2.05, 4.69) is 0 Å². The first-order chi connectivity index (χ1) is 5.29. The molecule has 12 heavy (non-hydrogen) atoms. The summed E-state index contributed by atoms with van der Waals surface area (Å²) in [6.45, 7) is 0. The Kier molecular flexibility index (Phi) is 5.61. The van der Waals surface area contributed by atoms with Crippen molar-refractivity contribution in [2.24, 2.45) is 0 Å². The van der Waals surface area contributed by atoms with Gasteiger partial charge in [-0.25, -0.2) is 4.79 Å². The van der Waals surface area contributed by atoms with Crippen LogP contribution in [0.2, 0.25) is 0 Å². The first-order valence-electron chi connectivity index (χ1n) is 3.25. The average molecular weight is 261 g/mol. The van der Waals surface area contributed by atoms with Gasteiger partial charge in [0.05, 0.1) is 0 Å². The number of carboxylic acids is 1. The summed E-state index contributed by atoms with van der Waals surface area (Å²) in [5, 5.41) is 8.29. The van der Waals surface area contributed by atoms with E-state index in [-0.39, 0.29) is 27.3 Å². The minimum atomic E-state index is -0.922. The molecule has 0 aliphatic carbocycles. The van der Waals surface area contributed by atoms with Crippen LogP contribution >= 0.6 is 0 Å². The fourth-order valence-corrected chi connectivity index (χ4v) is 0.732. The summed E-state index contributed by atoms with van der Waals surface area (Å²) in [7, 11) is 0.